The highest BCUT2D eigenvalue weighted by atomic mass is 16.2. The van der Waals surface area contributed by atoms with E-state index in [9.17, 15) is 4.79 Å². The second-order valence-electron chi connectivity index (χ2n) is 4.11. The summed E-state index contributed by atoms with van der Waals surface area (Å²) in [6.45, 7) is 0.730. The Morgan fingerprint density at radius 3 is 2.62 bits per heavy atom. The summed E-state index contributed by atoms with van der Waals surface area (Å²) >= 11 is 0. The summed E-state index contributed by atoms with van der Waals surface area (Å²) in [5, 5.41) is 8.72. The van der Waals surface area contributed by atoms with Gasteiger partial charge < -0.3 is 4.90 Å². The topological polar surface area (TPSA) is 44.1 Å². The third-order valence-corrected chi connectivity index (χ3v) is 2.72. The molecule has 0 heterocycles. The second kappa shape index (κ2) is 4.80. The number of carbonyl (C=O) groups excluding carboxylic acids is 1. The highest BCUT2D eigenvalue weighted by Crippen LogP contribution is 2.31. The molecule has 1 aliphatic rings. The number of nitrogens with zero attached hydrogens (tertiary/aromatic N) is 2. The highest BCUT2D eigenvalue weighted by Gasteiger charge is 2.33. The number of hydrogen-bond donors (Lipinski definition) is 0. The van der Waals surface area contributed by atoms with Crippen LogP contribution < -0.4 is 0 Å². The minimum atomic E-state index is 0.130. The van der Waals surface area contributed by atoms with E-state index in [1.807, 2.05) is 30.3 Å². The molecule has 16 heavy (non-hydrogen) atoms. The van der Waals surface area contributed by atoms with Crippen LogP contribution in [0.3, 0.4) is 0 Å². The molecular formula is C13H14N2O. The molecule has 0 saturated heterocycles. The Kier molecular flexibility index (Phi) is 3.21. The number of nitriles is 1. The lowest BCUT2D eigenvalue weighted by Crippen LogP contribution is -2.32. The molecule has 0 bridgehead atoms. The van der Waals surface area contributed by atoms with Crippen LogP contribution in [-0.4, -0.2) is 17.4 Å². The van der Waals surface area contributed by atoms with Crippen molar-refractivity contribution < 1.29 is 4.79 Å². The average molecular weight is 214 g/mol. The first-order valence-corrected chi connectivity index (χ1v) is 5.51. The molecule has 1 amide bonds. The lowest BCUT2D eigenvalue weighted by Gasteiger charge is -2.19. The minimum Gasteiger partial charge on any atom is -0.325 e. The Labute approximate surface area is 95.3 Å². The molecule has 0 unspecified atom stereocenters. The van der Waals surface area contributed by atoms with E-state index in [-0.39, 0.29) is 18.4 Å². The summed E-state index contributed by atoms with van der Waals surface area (Å²) in [5.41, 5.74) is 1.08. The Morgan fingerprint density at radius 1 is 1.38 bits per heavy atom. The van der Waals surface area contributed by atoms with Crippen LogP contribution in [-0.2, 0) is 11.3 Å². The maximum Gasteiger partial charge on any atom is 0.226 e. The predicted molar refractivity (Wildman–Crippen MR) is 60.2 cm³/mol. The van der Waals surface area contributed by atoms with Crippen molar-refractivity contribution in [1.82, 2.24) is 4.90 Å². The van der Waals surface area contributed by atoms with Gasteiger partial charge in [0.1, 0.15) is 6.54 Å². The normalized spacial score (nSPS) is 14.2. The molecule has 1 saturated carbocycles. The predicted octanol–water partition coefficient (Wildman–Crippen LogP) is 1.95. The van der Waals surface area contributed by atoms with Crippen molar-refractivity contribution in [2.75, 3.05) is 6.54 Å². The Balaban J connectivity index is 2.02. The van der Waals surface area contributed by atoms with Gasteiger partial charge in [0, 0.05) is 12.5 Å². The van der Waals surface area contributed by atoms with Crippen molar-refractivity contribution >= 4 is 5.91 Å². The number of rotatable bonds is 4. The average Bonchev–Trinajstić information content (AvgIpc) is 3.13. The third kappa shape index (κ3) is 2.60. The van der Waals surface area contributed by atoms with E-state index in [0.717, 1.165) is 18.4 Å². The summed E-state index contributed by atoms with van der Waals surface area (Å²) in [5.74, 6) is 0.308. The van der Waals surface area contributed by atoms with Gasteiger partial charge >= 0.3 is 0 Å². The molecule has 0 atom stereocenters. The monoisotopic (exact) mass is 214 g/mol. The number of benzene rings is 1. The molecule has 1 aromatic carbocycles. The summed E-state index contributed by atoms with van der Waals surface area (Å²) in [7, 11) is 0. The maximum atomic E-state index is 11.9. The van der Waals surface area contributed by atoms with Crippen LogP contribution in [0.2, 0.25) is 0 Å². The fraction of sp³-hybridized carbons (Fsp3) is 0.385. The van der Waals surface area contributed by atoms with E-state index in [0.29, 0.717) is 6.54 Å². The van der Waals surface area contributed by atoms with Crippen LogP contribution in [0, 0.1) is 17.2 Å². The molecule has 0 N–H and O–H groups in total. The summed E-state index contributed by atoms with van der Waals surface area (Å²) in [4.78, 5) is 13.5. The van der Waals surface area contributed by atoms with E-state index < -0.39 is 0 Å². The van der Waals surface area contributed by atoms with Crippen molar-refractivity contribution in [2.24, 2.45) is 5.92 Å². The van der Waals surface area contributed by atoms with Crippen LogP contribution in [0.1, 0.15) is 18.4 Å². The first-order valence-electron chi connectivity index (χ1n) is 5.51. The molecule has 1 aromatic rings. The molecule has 3 nitrogen and oxygen atoms in total. The number of amides is 1. The van der Waals surface area contributed by atoms with Crippen LogP contribution >= 0.6 is 0 Å². The van der Waals surface area contributed by atoms with Gasteiger partial charge in [0.25, 0.3) is 0 Å². The van der Waals surface area contributed by atoms with Crippen LogP contribution in [0.15, 0.2) is 30.3 Å². The number of carbonyl (C=O) groups is 1. The van der Waals surface area contributed by atoms with Gasteiger partial charge in [-0.3, -0.25) is 4.79 Å². The molecule has 0 aliphatic heterocycles. The molecule has 1 fully saturated rings. The minimum absolute atomic E-state index is 0.130. The Bertz CT molecular complexity index is 404. The quantitative estimate of drug-likeness (QED) is 0.719. The first-order chi connectivity index (χ1) is 7.81. The molecular weight excluding hydrogens is 200 g/mol. The van der Waals surface area contributed by atoms with Gasteiger partial charge in [-0.05, 0) is 18.4 Å². The second-order valence-corrected chi connectivity index (χ2v) is 4.11. The Morgan fingerprint density at radius 2 is 2.06 bits per heavy atom. The van der Waals surface area contributed by atoms with Gasteiger partial charge in [-0.2, -0.15) is 5.26 Å². The van der Waals surface area contributed by atoms with Gasteiger partial charge in [-0.1, -0.05) is 30.3 Å². The largest absolute Gasteiger partial charge is 0.325 e. The summed E-state index contributed by atoms with van der Waals surface area (Å²) in [6, 6.07) is 11.8. The highest BCUT2D eigenvalue weighted by molar-refractivity contribution is 5.81. The molecule has 0 spiro atoms. The van der Waals surface area contributed by atoms with Crippen LogP contribution in [0.5, 0.6) is 0 Å². The molecule has 0 aromatic heterocycles. The molecule has 3 heteroatoms. The molecule has 0 radical (unpaired) electrons. The lowest BCUT2D eigenvalue weighted by atomic mass is 10.2. The van der Waals surface area contributed by atoms with E-state index in [1.54, 1.807) is 4.90 Å². The van der Waals surface area contributed by atoms with E-state index in [4.69, 9.17) is 5.26 Å². The van der Waals surface area contributed by atoms with Gasteiger partial charge in [-0.15, -0.1) is 0 Å². The van der Waals surface area contributed by atoms with E-state index in [2.05, 4.69) is 6.07 Å². The number of hydrogen-bond acceptors (Lipinski definition) is 2. The van der Waals surface area contributed by atoms with E-state index in [1.165, 1.54) is 0 Å². The van der Waals surface area contributed by atoms with Gasteiger partial charge in [0.2, 0.25) is 5.91 Å². The standard InChI is InChI=1S/C13H14N2O/c14-8-9-15(13(16)12-6-7-12)10-11-4-2-1-3-5-11/h1-5,12H,6-7,9-10H2. The SMILES string of the molecule is N#CCN(Cc1ccccc1)C(=O)C1CC1. The van der Waals surface area contributed by atoms with E-state index >= 15 is 0 Å². The lowest BCUT2D eigenvalue weighted by molar-refractivity contribution is -0.132. The Hall–Kier alpha value is -1.82. The van der Waals surface area contributed by atoms with Crippen molar-refractivity contribution in [2.45, 2.75) is 19.4 Å². The van der Waals surface area contributed by atoms with Gasteiger partial charge in [-0.25, -0.2) is 0 Å². The van der Waals surface area contributed by atoms with Crippen LogP contribution in [0.25, 0.3) is 0 Å². The fourth-order valence-corrected chi connectivity index (χ4v) is 1.69. The van der Waals surface area contributed by atoms with Crippen molar-refractivity contribution in [3.63, 3.8) is 0 Å². The van der Waals surface area contributed by atoms with Crippen molar-refractivity contribution in [1.29, 1.82) is 5.26 Å². The molecule has 2 rings (SSSR count). The van der Waals surface area contributed by atoms with Crippen molar-refractivity contribution in [3.05, 3.63) is 35.9 Å². The zero-order chi connectivity index (χ0) is 11.4. The van der Waals surface area contributed by atoms with Crippen molar-refractivity contribution in [3.8, 4) is 6.07 Å². The van der Waals surface area contributed by atoms with Gasteiger partial charge in [0.05, 0.1) is 6.07 Å². The smallest absolute Gasteiger partial charge is 0.226 e. The maximum absolute atomic E-state index is 11.9. The van der Waals surface area contributed by atoms with Crippen LogP contribution in [0.4, 0.5) is 0 Å². The fourth-order valence-electron chi connectivity index (χ4n) is 1.69. The zero-order valence-electron chi connectivity index (χ0n) is 9.10. The summed E-state index contributed by atoms with van der Waals surface area (Å²) < 4.78 is 0. The first kappa shape index (κ1) is 10.7. The summed E-state index contributed by atoms with van der Waals surface area (Å²) in [6.07, 6.45) is 1.96. The molecule has 1 aliphatic carbocycles. The third-order valence-electron chi connectivity index (χ3n) is 2.72. The zero-order valence-corrected chi connectivity index (χ0v) is 9.10. The van der Waals surface area contributed by atoms with Gasteiger partial charge in [0.15, 0.2) is 0 Å². The molecule has 82 valence electrons.